The summed E-state index contributed by atoms with van der Waals surface area (Å²) in [5.41, 5.74) is 0. The van der Waals surface area contributed by atoms with E-state index in [0.29, 0.717) is 6.42 Å². The van der Waals surface area contributed by atoms with Gasteiger partial charge in [-0.05, 0) is 17.9 Å². The highest BCUT2D eigenvalue weighted by molar-refractivity contribution is 7.10. The monoisotopic (exact) mass is 141 g/mol. The van der Waals surface area contributed by atoms with Crippen molar-refractivity contribution in [3.8, 4) is 0 Å². The Morgan fingerprint density at radius 3 is 3.00 bits per heavy atom. The lowest BCUT2D eigenvalue weighted by molar-refractivity contribution is 0.184. The first kappa shape index (κ1) is 6.78. The first-order valence-corrected chi connectivity index (χ1v) is 3.73. The maximum atomic E-state index is 9.17. The van der Waals surface area contributed by atoms with Gasteiger partial charge in [-0.1, -0.05) is 13.0 Å². The number of thiophene rings is 1. The second-order valence-corrected chi connectivity index (χ2v) is 2.80. The molecule has 9 heavy (non-hydrogen) atoms. The largest absolute Gasteiger partial charge is 0.388 e. The van der Waals surface area contributed by atoms with Gasteiger partial charge in [0, 0.05) is 4.88 Å². The molecule has 2 heteroatoms. The summed E-state index contributed by atoms with van der Waals surface area (Å²) in [7, 11) is 0. The summed E-state index contributed by atoms with van der Waals surface area (Å²) >= 11 is 1.57. The Kier molecular flexibility index (Phi) is 2.25. The van der Waals surface area contributed by atoms with Crippen LogP contribution in [0.25, 0.3) is 0 Å². The first-order chi connectivity index (χ1) is 4.34. The summed E-state index contributed by atoms with van der Waals surface area (Å²) in [4.78, 5) is 1.00. The molecular formula is C7H9OS. The molecule has 1 radical (unpaired) electrons. The molecule has 0 amide bonds. The molecule has 0 aromatic carbocycles. The van der Waals surface area contributed by atoms with Crippen LogP contribution in [0.4, 0.5) is 0 Å². The van der Waals surface area contributed by atoms with Crippen molar-refractivity contribution >= 4 is 11.3 Å². The van der Waals surface area contributed by atoms with Gasteiger partial charge in [0.05, 0.1) is 6.10 Å². The molecule has 49 valence electrons. The zero-order chi connectivity index (χ0) is 6.69. The van der Waals surface area contributed by atoms with Crippen LogP contribution in [0.1, 0.15) is 17.4 Å². The van der Waals surface area contributed by atoms with Gasteiger partial charge in [-0.2, -0.15) is 0 Å². The van der Waals surface area contributed by atoms with Crippen LogP contribution in [0.3, 0.4) is 0 Å². The highest BCUT2D eigenvalue weighted by Crippen LogP contribution is 2.20. The lowest BCUT2D eigenvalue weighted by Crippen LogP contribution is -1.89. The molecule has 0 aliphatic heterocycles. The quantitative estimate of drug-likeness (QED) is 0.668. The number of aliphatic hydroxyl groups excluding tert-OH is 1. The van der Waals surface area contributed by atoms with Crippen molar-refractivity contribution in [1.29, 1.82) is 0 Å². The fourth-order valence-corrected chi connectivity index (χ4v) is 1.37. The van der Waals surface area contributed by atoms with Gasteiger partial charge in [-0.3, -0.25) is 0 Å². The Morgan fingerprint density at radius 2 is 2.56 bits per heavy atom. The van der Waals surface area contributed by atoms with Gasteiger partial charge in [0.1, 0.15) is 0 Å². The highest BCUT2D eigenvalue weighted by Gasteiger charge is 2.02. The van der Waals surface area contributed by atoms with Crippen molar-refractivity contribution in [2.24, 2.45) is 0 Å². The third-order valence-electron chi connectivity index (χ3n) is 1.15. The molecule has 1 unspecified atom stereocenters. The molecule has 0 spiro atoms. The molecule has 0 saturated heterocycles. The van der Waals surface area contributed by atoms with E-state index >= 15 is 0 Å². The van der Waals surface area contributed by atoms with Crippen LogP contribution in [0.15, 0.2) is 17.5 Å². The molecule has 1 heterocycles. The fourth-order valence-electron chi connectivity index (χ4n) is 0.623. The van der Waals surface area contributed by atoms with E-state index in [2.05, 4.69) is 6.92 Å². The van der Waals surface area contributed by atoms with Gasteiger partial charge in [-0.15, -0.1) is 11.3 Å². The second kappa shape index (κ2) is 2.99. The number of hydrogen-bond donors (Lipinski definition) is 1. The van der Waals surface area contributed by atoms with Crippen molar-refractivity contribution in [2.75, 3.05) is 0 Å². The molecule has 1 aromatic rings. The van der Waals surface area contributed by atoms with Gasteiger partial charge in [0.25, 0.3) is 0 Å². The minimum atomic E-state index is -0.356. The third-order valence-corrected chi connectivity index (χ3v) is 2.12. The molecular weight excluding hydrogens is 132 g/mol. The topological polar surface area (TPSA) is 20.2 Å². The maximum Gasteiger partial charge on any atom is 0.0882 e. The molecule has 0 aliphatic carbocycles. The van der Waals surface area contributed by atoms with Crippen molar-refractivity contribution in [2.45, 2.75) is 12.5 Å². The van der Waals surface area contributed by atoms with Crippen LogP contribution >= 0.6 is 11.3 Å². The van der Waals surface area contributed by atoms with Crippen LogP contribution < -0.4 is 0 Å². The average molecular weight is 141 g/mol. The van der Waals surface area contributed by atoms with Crippen LogP contribution in [-0.4, -0.2) is 5.11 Å². The minimum absolute atomic E-state index is 0.356. The number of rotatable bonds is 2. The number of hydrogen-bond acceptors (Lipinski definition) is 2. The van der Waals surface area contributed by atoms with Gasteiger partial charge < -0.3 is 5.11 Å². The molecule has 1 rings (SSSR count). The third kappa shape index (κ3) is 1.53. The van der Waals surface area contributed by atoms with E-state index in [0.717, 1.165) is 4.88 Å². The van der Waals surface area contributed by atoms with Crippen LogP contribution in [0.5, 0.6) is 0 Å². The molecule has 0 fully saturated rings. The highest BCUT2D eigenvalue weighted by atomic mass is 32.1. The van der Waals surface area contributed by atoms with Gasteiger partial charge in [0.2, 0.25) is 0 Å². The molecule has 1 atom stereocenters. The smallest absolute Gasteiger partial charge is 0.0882 e. The zero-order valence-corrected chi connectivity index (χ0v) is 5.90. The van der Waals surface area contributed by atoms with Crippen molar-refractivity contribution in [3.05, 3.63) is 29.3 Å². The lowest BCUT2D eigenvalue weighted by Gasteiger charge is -2.01. The Balaban J connectivity index is 2.65. The molecule has 1 N–H and O–H groups in total. The van der Waals surface area contributed by atoms with E-state index < -0.39 is 0 Å². The fraction of sp³-hybridized carbons (Fsp3) is 0.286. The van der Waals surface area contributed by atoms with Crippen molar-refractivity contribution in [1.82, 2.24) is 0 Å². The zero-order valence-electron chi connectivity index (χ0n) is 5.08. The van der Waals surface area contributed by atoms with E-state index in [1.165, 1.54) is 0 Å². The Morgan fingerprint density at radius 1 is 1.78 bits per heavy atom. The Bertz CT molecular complexity index is 157. The Hall–Kier alpha value is -0.340. The molecule has 1 nitrogen and oxygen atoms in total. The van der Waals surface area contributed by atoms with Gasteiger partial charge in [0.15, 0.2) is 0 Å². The van der Waals surface area contributed by atoms with E-state index in [1.54, 1.807) is 11.3 Å². The summed E-state index contributed by atoms with van der Waals surface area (Å²) in [6, 6.07) is 3.85. The van der Waals surface area contributed by atoms with E-state index in [9.17, 15) is 0 Å². The van der Waals surface area contributed by atoms with E-state index in [4.69, 9.17) is 5.11 Å². The SMILES string of the molecule is [CH2]CC(O)c1cccs1. The van der Waals surface area contributed by atoms with Gasteiger partial charge >= 0.3 is 0 Å². The van der Waals surface area contributed by atoms with Crippen molar-refractivity contribution in [3.63, 3.8) is 0 Å². The summed E-state index contributed by atoms with van der Waals surface area (Å²) in [5.74, 6) is 0. The second-order valence-electron chi connectivity index (χ2n) is 1.82. The molecule has 0 bridgehead atoms. The normalized spacial score (nSPS) is 13.6. The summed E-state index contributed by atoms with van der Waals surface area (Å²) in [6.45, 7) is 3.60. The van der Waals surface area contributed by atoms with E-state index in [-0.39, 0.29) is 6.10 Å². The average Bonchev–Trinajstić information content (AvgIpc) is 2.37. The van der Waals surface area contributed by atoms with Crippen LogP contribution in [0.2, 0.25) is 0 Å². The number of aliphatic hydroxyl groups is 1. The first-order valence-electron chi connectivity index (χ1n) is 2.85. The van der Waals surface area contributed by atoms with E-state index in [1.807, 2.05) is 17.5 Å². The van der Waals surface area contributed by atoms with Crippen LogP contribution in [-0.2, 0) is 0 Å². The predicted octanol–water partition coefficient (Wildman–Crippen LogP) is 2.01. The lowest BCUT2D eigenvalue weighted by atomic mass is 10.2. The standard InChI is InChI=1S/C7H9OS/c1-2-6(8)7-4-3-5-9-7/h3-6,8H,1-2H2. The van der Waals surface area contributed by atoms with Crippen molar-refractivity contribution < 1.29 is 5.11 Å². The summed E-state index contributed by atoms with van der Waals surface area (Å²) < 4.78 is 0. The maximum absolute atomic E-state index is 9.17. The molecule has 1 aromatic heterocycles. The summed E-state index contributed by atoms with van der Waals surface area (Å²) in [6.07, 6.45) is 0.200. The summed E-state index contributed by atoms with van der Waals surface area (Å²) in [5, 5.41) is 11.1. The Labute approximate surface area is 59.0 Å². The van der Waals surface area contributed by atoms with Crippen LogP contribution in [0, 0.1) is 6.92 Å². The predicted molar refractivity (Wildman–Crippen MR) is 39.3 cm³/mol. The molecule has 0 aliphatic rings. The molecule has 0 saturated carbocycles. The van der Waals surface area contributed by atoms with Gasteiger partial charge in [-0.25, -0.2) is 0 Å². The minimum Gasteiger partial charge on any atom is -0.388 e.